The fourth-order valence-corrected chi connectivity index (χ4v) is 6.07. The zero-order valence-corrected chi connectivity index (χ0v) is 14.4. The molecular weight excluding hydrogens is 286 g/mol. The van der Waals surface area contributed by atoms with Crippen LogP contribution in [0, 0.1) is 23.2 Å². The summed E-state index contributed by atoms with van der Waals surface area (Å²) < 4.78 is 0. The Labute approximate surface area is 138 Å². The average Bonchev–Trinajstić information content (AvgIpc) is 2.88. The first-order valence-electron chi connectivity index (χ1n) is 9.33. The number of imidazole rings is 1. The minimum absolute atomic E-state index is 0.293. The molecule has 1 aromatic rings. The molecule has 5 rings (SSSR count). The lowest BCUT2D eigenvalue weighted by molar-refractivity contribution is -0.0570. The molecule has 0 aliphatic heterocycles. The molecule has 3 N–H and O–H groups in total. The van der Waals surface area contributed by atoms with Gasteiger partial charge >= 0.3 is 0 Å². The lowest BCUT2D eigenvalue weighted by Crippen LogP contribution is -2.46. The maximum Gasteiger partial charge on any atom is 0.269 e. The van der Waals surface area contributed by atoms with E-state index < -0.39 is 5.91 Å². The summed E-state index contributed by atoms with van der Waals surface area (Å²) in [5, 5.41) is 0. The molecule has 0 saturated heterocycles. The maximum atomic E-state index is 11.7. The quantitative estimate of drug-likeness (QED) is 0.868. The Balaban J connectivity index is 1.52. The van der Waals surface area contributed by atoms with Gasteiger partial charge < -0.3 is 10.7 Å². The Bertz CT molecular complexity index is 581. The molecule has 0 spiro atoms. The minimum atomic E-state index is -0.395. The van der Waals surface area contributed by atoms with Crippen molar-refractivity contribution in [1.29, 1.82) is 0 Å². The van der Waals surface area contributed by atoms with Gasteiger partial charge in [-0.15, -0.1) is 0 Å². The molecule has 4 bridgehead atoms. The van der Waals surface area contributed by atoms with Crippen molar-refractivity contribution >= 4 is 5.91 Å². The van der Waals surface area contributed by atoms with Crippen molar-refractivity contribution in [3.63, 3.8) is 0 Å². The number of aromatic amines is 1. The number of hydrogen-bond acceptors (Lipinski definition) is 2. The highest BCUT2D eigenvalue weighted by atomic mass is 16.1. The first kappa shape index (κ1) is 15.2. The molecule has 4 saturated carbocycles. The largest absolute Gasteiger partial charge is 0.364 e. The van der Waals surface area contributed by atoms with Crippen LogP contribution in [0.4, 0.5) is 0 Å². The van der Waals surface area contributed by atoms with Crippen LogP contribution in [0.5, 0.6) is 0 Å². The van der Waals surface area contributed by atoms with Gasteiger partial charge in [0.1, 0.15) is 11.5 Å². The van der Waals surface area contributed by atoms with Gasteiger partial charge in [0, 0.05) is 11.6 Å². The van der Waals surface area contributed by atoms with Crippen LogP contribution in [0.15, 0.2) is 0 Å². The van der Waals surface area contributed by atoms with Crippen molar-refractivity contribution in [2.24, 2.45) is 28.9 Å². The summed E-state index contributed by atoms with van der Waals surface area (Å²) in [5.74, 6) is 3.72. The van der Waals surface area contributed by atoms with Crippen LogP contribution in [-0.2, 0) is 6.42 Å². The van der Waals surface area contributed by atoms with Gasteiger partial charge in [-0.25, -0.2) is 4.98 Å². The average molecular weight is 315 g/mol. The number of primary amides is 1. The van der Waals surface area contributed by atoms with Crippen molar-refractivity contribution in [1.82, 2.24) is 9.97 Å². The van der Waals surface area contributed by atoms with E-state index in [4.69, 9.17) is 5.73 Å². The number of rotatable bonds is 5. The number of carbonyl (C=O) groups is 1. The van der Waals surface area contributed by atoms with E-state index in [1.165, 1.54) is 44.9 Å². The van der Waals surface area contributed by atoms with E-state index in [2.05, 4.69) is 23.8 Å². The van der Waals surface area contributed by atoms with Gasteiger partial charge in [-0.05, 0) is 74.5 Å². The summed E-state index contributed by atoms with van der Waals surface area (Å²) in [5.41, 5.74) is 7.52. The third-order valence-electron chi connectivity index (χ3n) is 6.65. The van der Waals surface area contributed by atoms with E-state index >= 15 is 0 Å². The van der Waals surface area contributed by atoms with Gasteiger partial charge in [-0.3, -0.25) is 4.79 Å². The Morgan fingerprint density at radius 3 is 2.26 bits per heavy atom. The monoisotopic (exact) mass is 315 g/mol. The number of carbonyl (C=O) groups excluding carboxylic acids is 1. The van der Waals surface area contributed by atoms with Gasteiger partial charge in [-0.2, -0.15) is 0 Å². The molecule has 1 amide bonds. The Morgan fingerprint density at radius 1 is 1.22 bits per heavy atom. The molecule has 4 aliphatic carbocycles. The second-order valence-electron chi connectivity index (χ2n) is 8.89. The molecule has 4 nitrogen and oxygen atoms in total. The summed E-state index contributed by atoms with van der Waals surface area (Å²) in [4.78, 5) is 19.5. The number of aryl methyl sites for hydroxylation is 1. The van der Waals surface area contributed by atoms with E-state index in [0.29, 0.717) is 17.0 Å². The SMILES string of the molecule is CC(C)c1nc(C(N)=O)c(CCC23CC4CC(CC(C4)C2)C3)[nH]1. The van der Waals surface area contributed by atoms with Crippen LogP contribution in [0.1, 0.15) is 86.7 Å². The minimum Gasteiger partial charge on any atom is -0.364 e. The van der Waals surface area contributed by atoms with Gasteiger partial charge in [0.15, 0.2) is 0 Å². The Morgan fingerprint density at radius 2 is 1.78 bits per heavy atom. The summed E-state index contributed by atoms with van der Waals surface area (Å²) in [7, 11) is 0. The van der Waals surface area contributed by atoms with Crippen LogP contribution in [0.2, 0.25) is 0 Å². The maximum absolute atomic E-state index is 11.7. The molecule has 4 aliphatic rings. The van der Waals surface area contributed by atoms with Gasteiger partial charge in [0.25, 0.3) is 5.91 Å². The molecule has 1 aromatic heterocycles. The van der Waals surface area contributed by atoms with Crippen molar-refractivity contribution in [3.05, 3.63) is 17.2 Å². The van der Waals surface area contributed by atoms with E-state index in [0.717, 1.165) is 35.7 Å². The second kappa shape index (κ2) is 5.35. The summed E-state index contributed by atoms with van der Waals surface area (Å²) in [6.45, 7) is 4.18. The summed E-state index contributed by atoms with van der Waals surface area (Å²) >= 11 is 0. The molecule has 23 heavy (non-hydrogen) atoms. The highest BCUT2D eigenvalue weighted by molar-refractivity contribution is 5.92. The van der Waals surface area contributed by atoms with Crippen molar-refractivity contribution < 1.29 is 4.79 Å². The van der Waals surface area contributed by atoms with Gasteiger partial charge in [0.05, 0.1) is 0 Å². The molecule has 126 valence electrons. The van der Waals surface area contributed by atoms with Crippen LogP contribution >= 0.6 is 0 Å². The number of hydrogen-bond donors (Lipinski definition) is 2. The van der Waals surface area contributed by atoms with Crippen molar-refractivity contribution in [2.75, 3.05) is 0 Å². The zero-order valence-electron chi connectivity index (χ0n) is 14.4. The molecule has 0 unspecified atom stereocenters. The summed E-state index contributed by atoms with van der Waals surface area (Å²) in [6.07, 6.45) is 10.8. The fraction of sp³-hybridized carbons (Fsp3) is 0.789. The molecule has 1 heterocycles. The number of amides is 1. The third-order valence-corrected chi connectivity index (χ3v) is 6.65. The smallest absolute Gasteiger partial charge is 0.269 e. The van der Waals surface area contributed by atoms with Crippen LogP contribution < -0.4 is 5.73 Å². The normalized spacial score (nSPS) is 35.2. The molecule has 0 aromatic carbocycles. The third kappa shape index (κ3) is 2.70. The van der Waals surface area contributed by atoms with Crippen LogP contribution in [0.25, 0.3) is 0 Å². The molecular formula is C19H29N3O. The predicted molar refractivity (Wildman–Crippen MR) is 90.1 cm³/mol. The highest BCUT2D eigenvalue weighted by Crippen LogP contribution is 2.61. The first-order chi connectivity index (χ1) is 10.9. The number of H-pyrrole nitrogens is 1. The Hall–Kier alpha value is -1.32. The predicted octanol–water partition coefficient (Wildman–Crippen LogP) is 3.78. The second-order valence-corrected chi connectivity index (χ2v) is 8.89. The Kier molecular flexibility index (Phi) is 3.54. The number of aromatic nitrogens is 2. The van der Waals surface area contributed by atoms with E-state index in [1.54, 1.807) is 0 Å². The standard InChI is InChI=1S/C19H29N3O/c1-11(2)18-21-15(16(22-18)17(20)23)3-4-19-8-12-5-13(9-19)7-14(6-12)10-19/h11-14H,3-10H2,1-2H3,(H2,20,23)(H,21,22). The summed E-state index contributed by atoms with van der Waals surface area (Å²) in [6, 6.07) is 0. The molecule has 0 radical (unpaired) electrons. The van der Waals surface area contributed by atoms with Crippen LogP contribution in [-0.4, -0.2) is 15.9 Å². The van der Waals surface area contributed by atoms with E-state index in [9.17, 15) is 4.79 Å². The lowest BCUT2D eigenvalue weighted by Gasteiger charge is -2.57. The molecule has 0 atom stereocenters. The molecule has 4 fully saturated rings. The topological polar surface area (TPSA) is 71.8 Å². The van der Waals surface area contributed by atoms with E-state index in [-0.39, 0.29) is 0 Å². The number of nitrogens with two attached hydrogens (primary N) is 1. The van der Waals surface area contributed by atoms with Gasteiger partial charge in [-0.1, -0.05) is 13.8 Å². The zero-order chi connectivity index (χ0) is 16.2. The van der Waals surface area contributed by atoms with Crippen molar-refractivity contribution in [3.8, 4) is 0 Å². The number of nitrogens with zero attached hydrogens (tertiary/aromatic N) is 1. The first-order valence-corrected chi connectivity index (χ1v) is 9.33. The van der Waals surface area contributed by atoms with Gasteiger partial charge in [0.2, 0.25) is 0 Å². The highest BCUT2D eigenvalue weighted by Gasteiger charge is 2.50. The van der Waals surface area contributed by atoms with E-state index in [1.807, 2.05) is 0 Å². The van der Waals surface area contributed by atoms with Crippen molar-refractivity contribution in [2.45, 2.75) is 71.1 Å². The number of nitrogens with one attached hydrogen (secondary N) is 1. The fourth-order valence-electron chi connectivity index (χ4n) is 6.07. The lowest BCUT2D eigenvalue weighted by atomic mass is 9.48. The molecule has 4 heteroatoms. The van der Waals surface area contributed by atoms with Crippen LogP contribution in [0.3, 0.4) is 0 Å².